The average molecular weight is 288 g/mol. The quantitative estimate of drug-likeness (QED) is 0.927. The summed E-state index contributed by atoms with van der Waals surface area (Å²) in [6, 6.07) is 6.30. The van der Waals surface area contributed by atoms with Crippen molar-refractivity contribution in [3.8, 4) is 0 Å². The first-order chi connectivity index (χ1) is 10.1. The van der Waals surface area contributed by atoms with Crippen LogP contribution in [0.4, 0.5) is 5.69 Å². The summed E-state index contributed by atoms with van der Waals surface area (Å²) in [4.78, 5) is 14.4. The maximum Gasteiger partial charge on any atom is 0.238 e. The van der Waals surface area contributed by atoms with E-state index in [1.165, 1.54) is 24.0 Å². The molecule has 4 heteroatoms. The van der Waals surface area contributed by atoms with E-state index in [9.17, 15) is 4.79 Å². The van der Waals surface area contributed by atoms with Crippen molar-refractivity contribution in [1.82, 2.24) is 4.90 Å². The summed E-state index contributed by atoms with van der Waals surface area (Å²) in [5.74, 6) is 0.0641. The van der Waals surface area contributed by atoms with Gasteiger partial charge in [-0.05, 0) is 56.4 Å². The topological polar surface area (TPSA) is 41.6 Å². The van der Waals surface area contributed by atoms with Crippen LogP contribution in [0.1, 0.15) is 31.4 Å². The summed E-state index contributed by atoms with van der Waals surface area (Å²) in [5.41, 5.74) is 3.75. The molecule has 2 aliphatic rings. The fraction of sp³-hybridized carbons (Fsp3) is 0.588. The molecular weight excluding hydrogens is 264 g/mol. The summed E-state index contributed by atoms with van der Waals surface area (Å²) in [6.45, 7) is 6.20. The van der Waals surface area contributed by atoms with Crippen molar-refractivity contribution in [3.63, 3.8) is 0 Å². The average Bonchev–Trinajstić information content (AvgIpc) is 2.84. The van der Waals surface area contributed by atoms with E-state index in [4.69, 9.17) is 4.74 Å². The number of nitrogens with zero attached hydrogens (tertiary/aromatic N) is 1. The van der Waals surface area contributed by atoms with Crippen LogP contribution in [0.5, 0.6) is 0 Å². The van der Waals surface area contributed by atoms with E-state index in [0.717, 1.165) is 25.2 Å². The van der Waals surface area contributed by atoms with Crippen molar-refractivity contribution in [2.75, 3.05) is 25.0 Å². The van der Waals surface area contributed by atoms with E-state index in [2.05, 4.69) is 36.2 Å². The van der Waals surface area contributed by atoms with Crippen LogP contribution in [-0.2, 0) is 22.4 Å². The largest absolute Gasteiger partial charge is 0.373 e. The second-order valence-corrected chi connectivity index (χ2v) is 6.34. The molecule has 1 amide bonds. The van der Waals surface area contributed by atoms with Crippen molar-refractivity contribution in [2.24, 2.45) is 0 Å². The number of hydrogen-bond acceptors (Lipinski definition) is 3. The third-order valence-corrected chi connectivity index (χ3v) is 4.24. The number of rotatable bonds is 3. The van der Waals surface area contributed by atoms with E-state index in [1.807, 2.05) is 6.07 Å². The lowest BCUT2D eigenvalue weighted by atomic mass is 10.1. The van der Waals surface area contributed by atoms with E-state index in [0.29, 0.717) is 6.54 Å². The SMILES string of the molecule is C[C@H]1CN(CC(=O)Nc2ccc3c(c2)CCC3)C[C@H](C)O1. The Morgan fingerprint density at radius 1 is 1.24 bits per heavy atom. The molecule has 0 aromatic heterocycles. The molecule has 0 spiro atoms. The first kappa shape index (κ1) is 14.5. The van der Waals surface area contributed by atoms with E-state index in [1.54, 1.807) is 0 Å². The molecule has 21 heavy (non-hydrogen) atoms. The van der Waals surface area contributed by atoms with Crippen molar-refractivity contribution < 1.29 is 9.53 Å². The molecule has 0 radical (unpaired) electrons. The molecule has 1 N–H and O–H groups in total. The molecule has 1 aliphatic heterocycles. The third-order valence-electron chi connectivity index (χ3n) is 4.24. The van der Waals surface area contributed by atoms with Gasteiger partial charge in [0.15, 0.2) is 0 Å². The molecule has 1 fully saturated rings. The Morgan fingerprint density at radius 2 is 1.95 bits per heavy atom. The molecule has 1 aliphatic carbocycles. The van der Waals surface area contributed by atoms with Gasteiger partial charge in [0, 0.05) is 18.8 Å². The molecular formula is C17H24N2O2. The molecule has 0 unspecified atom stereocenters. The minimum atomic E-state index is 0.0641. The van der Waals surface area contributed by atoms with Gasteiger partial charge in [-0.1, -0.05) is 6.07 Å². The van der Waals surface area contributed by atoms with Gasteiger partial charge in [0.2, 0.25) is 5.91 Å². The van der Waals surface area contributed by atoms with Gasteiger partial charge < -0.3 is 10.1 Å². The van der Waals surface area contributed by atoms with Gasteiger partial charge in [0.25, 0.3) is 0 Å². The van der Waals surface area contributed by atoms with Crippen molar-refractivity contribution in [3.05, 3.63) is 29.3 Å². The van der Waals surface area contributed by atoms with Gasteiger partial charge in [-0.15, -0.1) is 0 Å². The lowest BCUT2D eigenvalue weighted by Crippen LogP contribution is -2.48. The number of carbonyl (C=O) groups is 1. The third kappa shape index (κ3) is 3.63. The Morgan fingerprint density at radius 3 is 2.71 bits per heavy atom. The van der Waals surface area contributed by atoms with Crippen LogP contribution in [0.15, 0.2) is 18.2 Å². The zero-order valence-electron chi connectivity index (χ0n) is 12.9. The Labute approximate surface area is 126 Å². The van der Waals surface area contributed by atoms with Crippen LogP contribution in [0, 0.1) is 0 Å². The van der Waals surface area contributed by atoms with Crippen LogP contribution in [0.2, 0.25) is 0 Å². The first-order valence-electron chi connectivity index (χ1n) is 7.89. The van der Waals surface area contributed by atoms with Gasteiger partial charge >= 0.3 is 0 Å². The molecule has 0 saturated carbocycles. The summed E-state index contributed by atoms with van der Waals surface area (Å²) in [6.07, 6.45) is 3.93. The number of anilines is 1. The number of morpholine rings is 1. The normalized spacial score (nSPS) is 25.6. The lowest BCUT2D eigenvalue weighted by Gasteiger charge is -2.34. The van der Waals surface area contributed by atoms with Gasteiger partial charge in [-0.25, -0.2) is 0 Å². The fourth-order valence-electron chi connectivity index (χ4n) is 3.47. The molecule has 1 heterocycles. The standard InChI is InChI=1S/C17H24N2O2/c1-12-9-19(10-13(2)21-12)11-17(20)18-16-7-6-14-4-3-5-15(14)8-16/h6-8,12-13H,3-5,9-11H2,1-2H3,(H,18,20)/t12-,13-/m0/s1. The number of fused-ring (bicyclic) bond motifs is 1. The Bertz CT molecular complexity index is 520. The van der Waals surface area contributed by atoms with Crippen LogP contribution in [0.3, 0.4) is 0 Å². The number of amides is 1. The smallest absolute Gasteiger partial charge is 0.238 e. The summed E-state index contributed by atoms with van der Waals surface area (Å²) >= 11 is 0. The minimum Gasteiger partial charge on any atom is -0.373 e. The highest BCUT2D eigenvalue weighted by Crippen LogP contribution is 2.24. The Balaban J connectivity index is 1.56. The van der Waals surface area contributed by atoms with Gasteiger partial charge in [-0.2, -0.15) is 0 Å². The highest BCUT2D eigenvalue weighted by Gasteiger charge is 2.23. The summed E-state index contributed by atoms with van der Waals surface area (Å²) in [7, 11) is 0. The molecule has 1 saturated heterocycles. The molecule has 4 nitrogen and oxygen atoms in total. The van der Waals surface area contributed by atoms with Crippen LogP contribution < -0.4 is 5.32 Å². The highest BCUT2D eigenvalue weighted by atomic mass is 16.5. The fourth-order valence-corrected chi connectivity index (χ4v) is 3.47. The van der Waals surface area contributed by atoms with Gasteiger partial charge in [0.1, 0.15) is 0 Å². The van der Waals surface area contributed by atoms with Crippen molar-refractivity contribution in [1.29, 1.82) is 0 Å². The zero-order valence-corrected chi connectivity index (χ0v) is 12.9. The highest BCUT2D eigenvalue weighted by molar-refractivity contribution is 5.92. The number of benzene rings is 1. The lowest BCUT2D eigenvalue weighted by molar-refractivity contribution is -0.121. The maximum atomic E-state index is 12.2. The zero-order chi connectivity index (χ0) is 14.8. The van der Waals surface area contributed by atoms with Crippen molar-refractivity contribution >= 4 is 11.6 Å². The molecule has 3 rings (SSSR count). The van der Waals surface area contributed by atoms with E-state index in [-0.39, 0.29) is 18.1 Å². The number of aryl methyl sites for hydroxylation is 2. The Kier molecular flexibility index (Phi) is 4.27. The molecule has 1 aromatic carbocycles. The Hall–Kier alpha value is -1.39. The second kappa shape index (κ2) is 6.16. The maximum absolute atomic E-state index is 12.2. The number of hydrogen-bond donors (Lipinski definition) is 1. The van der Waals surface area contributed by atoms with E-state index >= 15 is 0 Å². The number of nitrogens with one attached hydrogen (secondary N) is 1. The molecule has 2 atom stereocenters. The van der Waals surface area contributed by atoms with E-state index < -0.39 is 0 Å². The first-order valence-corrected chi connectivity index (χ1v) is 7.89. The molecule has 0 bridgehead atoms. The van der Waals surface area contributed by atoms with Crippen LogP contribution >= 0.6 is 0 Å². The van der Waals surface area contributed by atoms with Crippen LogP contribution in [-0.4, -0.2) is 42.6 Å². The minimum absolute atomic E-state index is 0.0641. The predicted molar refractivity (Wildman–Crippen MR) is 83.5 cm³/mol. The summed E-state index contributed by atoms with van der Waals surface area (Å²) in [5, 5.41) is 3.03. The number of carbonyl (C=O) groups excluding carboxylic acids is 1. The molecule has 114 valence electrons. The van der Waals surface area contributed by atoms with Crippen molar-refractivity contribution in [2.45, 2.75) is 45.3 Å². The van der Waals surface area contributed by atoms with Gasteiger partial charge in [-0.3, -0.25) is 9.69 Å². The monoisotopic (exact) mass is 288 g/mol. The summed E-state index contributed by atoms with van der Waals surface area (Å²) < 4.78 is 5.69. The second-order valence-electron chi connectivity index (χ2n) is 6.34. The van der Waals surface area contributed by atoms with Gasteiger partial charge in [0.05, 0.1) is 18.8 Å². The molecule has 1 aromatic rings. The van der Waals surface area contributed by atoms with Crippen LogP contribution in [0.25, 0.3) is 0 Å². The predicted octanol–water partition coefficient (Wildman–Crippen LogP) is 2.22. The number of ether oxygens (including phenoxy) is 1.